The summed E-state index contributed by atoms with van der Waals surface area (Å²) in [4.78, 5) is 30.0. The van der Waals surface area contributed by atoms with E-state index < -0.39 is 5.69 Å². The van der Waals surface area contributed by atoms with E-state index in [1.165, 1.54) is 4.40 Å². The lowest BCUT2D eigenvalue weighted by molar-refractivity contribution is -0.122. The SMILES string of the molecule is CC[C@@H](C)NC(=O)Cn1nc2c(Oc3ccc(C)cc3)nc3ccccc3n2c1=O. The Bertz CT molecular complexity index is 1270. The number of rotatable bonds is 6. The molecule has 0 bridgehead atoms. The predicted molar refractivity (Wildman–Crippen MR) is 114 cm³/mol. The molecule has 30 heavy (non-hydrogen) atoms. The number of aromatic nitrogens is 4. The van der Waals surface area contributed by atoms with Crippen LogP contribution in [0.4, 0.5) is 0 Å². The fourth-order valence-corrected chi connectivity index (χ4v) is 3.12. The van der Waals surface area contributed by atoms with Crippen molar-refractivity contribution in [1.82, 2.24) is 24.5 Å². The quantitative estimate of drug-likeness (QED) is 0.532. The summed E-state index contributed by atoms with van der Waals surface area (Å²) < 4.78 is 8.54. The molecular weight excluding hydrogens is 382 g/mol. The molecular formula is C22H23N5O3. The van der Waals surface area contributed by atoms with Gasteiger partial charge in [-0.2, -0.15) is 0 Å². The topological polar surface area (TPSA) is 90.5 Å². The lowest BCUT2D eigenvalue weighted by Gasteiger charge is -2.10. The molecule has 4 aromatic rings. The summed E-state index contributed by atoms with van der Waals surface area (Å²) in [5.41, 5.74) is 2.14. The van der Waals surface area contributed by atoms with Crippen LogP contribution in [0, 0.1) is 6.92 Å². The minimum atomic E-state index is -0.420. The fraction of sp³-hybridized carbons (Fsp3) is 0.273. The molecule has 1 N–H and O–H groups in total. The standard InChI is InChI=1S/C22H23N5O3/c1-4-15(3)23-19(28)13-26-22(29)27-18-8-6-5-7-17(18)24-21(20(27)25-26)30-16-11-9-14(2)10-12-16/h5-12,15H,4,13H2,1-3H3,(H,23,28)/t15-/m1/s1. The van der Waals surface area contributed by atoms with Crippen LogP contribution in [-0.2, 0) is 11.3 Å². The van der Waals surface area contributed by atoms with Crippen molar-refractivity contribution in [3.63, 3.8) is 0 Å². The van der Waals surface area contributed by atoms with Gasteiger partial charge >= 0.3 is 5.69 Å². The van der Waals surface area contributed by atoms with Gasteiger partial charge in [0.15, 0.2) is 0 Å². The van der Waals surface area contributed by atoms with Crippen LogP contribution in [0.2, 0.25) is 0 Å². The summed E-state index contributed by atoms with van der Waals surface area (Å²) in [6, 6.07) is 14.8. The number of benzene rings is 2. The molecule has 0 unspecified atom stereocenters. The van der Waals surface area contributed by atoms with Crippen LogP contribution < -0.4 is 15.7 Å². The van der Waals surface area contributed by atoms with Crippen molar-refractivity contribution in [1.29, 1.82) is 0 Å². The molecule has 0 aliphatic carbocycles. The molecule has 1 atom stereocenters. The van der Waals surface area contributed by atoms with Crippen LogP contribution >= 0.6 is 0 Å². The second-order valence-electron chi connectivity index (χ2n) is 7.30. The number of hydrogen-bond donors (Lipinski definition) is 1. The maximum atomic E-state index is 13.1. The van der Waals surface area contributed by atoms with Crippen LogP contribution in [0.1, 0.15) is 25.8 Å². The van der Waals surface area contributed by atoms with Crippen LogP contribution in [0.5, 0.6) is 11.6 Å². The number of hydrogen-bond acceptors (Lipinski definition) is 5. The zero-order valence-electron chi connectivity index (χ0n) is 17.1. The average molecular weight is 405 g/mol. The summed E-state index contributed by atoms with van der Waals surface area (Å²) in [7, 11) is 0. The Balaban J connectivity index is 1.82. The molecule has 0 spiro atoms. The maximum Gasteiger partial charge on any atom is 0.351 e. The van der Waals surface area contributed by atoms with Gasteiger partial charge in [0.2, 0.25) is 11.6 Å². The molecule has 8 nitrogen and oxygen atoms in total. The van der Waals surface area contributed by atoms with Crippen LogP contribution in [0.25, 0.3) is 16.7 Å². The van der Waals surface area contributed by atoms with Gasteiger partial charge in [-0.1, -0.05) is 36.8 Å². The number of carbonyl (C=O) groups is 1. The van der Waals surface area contributed by atoms with Crippen molar-refractivity contribution in [2.45, 2.75) is 39.8 Å². The van der Waals surface area contributed by atoms with E-state index in [0.29, 0.717) is 16.8 Å². The number of nitrogens with one attached hydrogen (secondary N) is 1. The Labute approximate surface area is 173 Å². The minimum Gasteiger partial charge on any atom is -0.436 e. The largest absolute Gasteiger partial charge is 0.436 e. The Morgan fingerprint density at radius 3 is 2.63 bits per heavy atom. The van der Waals surface area contributed by atoms with Crippen molar-refractivity contribution >= 4 is 22.6 Å². The van der Waals surface area contributed by atoms with E-state index in [4.69, 9.17) is 4.74 Å². The van der Waals surface area contributed by atoms with Crippen LogP contribution in [-0.4, -0.2) is 31.1 Å². The Hall–Kier alpha value is -3.68. The van der Waals surface area contributed by atoms with E-state index in [2.05, 4.69) is 15.4 Å². The van der Waals surface area contributed by atoms with E-state index >= 15 is 0 Å². The summed E-state index contributed by atoms with van der Waals surface area (Å²) in [5.74, 6) is 0.519. The lowest BCUT2D eigenvalue weighted by atomic mass is 10.2. The number of fused-ring (bicyclic) bond motifs is 3. The first kappa shape index (κ1) is 19.6. The molecule has 154 valence electrons. The highest BCUT2D eigenvalue weighted by Gasteiger charge is 2.19. The lowest BCUT2D eigenvalue weighted by Crippen LogP contribution is -2.37. The minimum absolute atomic E-state index is 0.0214. The van der Waals surface area contributed by atoms with Crippen molar-refractivity contribution in [2.24, 2.45) is 0 Å². The van der Waals surface area contributed by atoms with Gasteiger partial charge in [-0.15, -0.1) is 5.10 Å². The number of carbonyl (C=O) groups excluding carboxylic acids is 1. The highest BCUT2D eigenvalue weighted by atomic mass is 16.5. The second-order valence-corrected chi connectivity index (χ2v) is 7.30. The summed E-state index contributed by atoms with van der Waals surface area (Å²) >= 11 is 0. The maximum absolute atomic E-state index is 13.1. The van der Waals surface area contributed by atoms with Gasteiger partial charge in [0.05, 0.1) is 11.0 Å². The first-order valence-corrected chi connectivity index (χ1v) is 9.88. The third-order valence-corrected chi connectivity index (χ3v) is 4.92. The number of ether oxygens (including phenoxy) is 1. The molecule has 4 rings (SSSR count). The second kappa shape index (κ2) is 7.98. The molecule has 0 aliphatic rings. The predicted octanol–water partition coefficient (Wildman–Crippen LogP) is 3.06. The summed E-state index contributed by atoms with van der Waals surface area (Å²) in [6.45, 7) is 5.70. The molecule has 2 aromatic heterocycles. The van der Waals surface area contributed by atoms with E-state index in [1.54, 1.807) is 12.1 Å². The first-order chi connectivity index (χ1) is 14.5. The molecule has 2 aromatic carbocycles. The molecule has 8 heteroatoms. The third kappa shape index (κ3) is 3.76. The molecule has 2 heterocycles. The number of nitrogens with zero attached hydrogens (tertiary/aromatic N) is 4. The fourth-order valence-electron chi connectivity index (χ4n) is 3.12. The van der Waals surface area contributed by atoms with Gasteiger partial charge in [0.1, 0.15) is 12.3 Å². The van der Waals surface area contributed by atoms with Crippen molar-refractivity contribution in [3.05, 3.63) is 64.6 Å². The normalized spacial score (nSPS) is 12.2. The van der Waals surface area contributed by atoms with E-state index in [0.717, 1.165) is 16.7 Å². The third-order valence-electron chi connectivity index (χ3n) is 4.92. The van der Waals surface area contributed by atoms with Crippen molar-refractivity contribution in [3.8, 4) is 11.6 Å². The molecule has 0 saturated heterocycles. The van der Waals surface area contributed by atoms with Gasteiger partial charge in [-0.25, -0.2) is 18.9 Å². The van der Waals surface area contributed by atoms with Crippen molar-refractivity contribution < 1.29 is 9.53 Å². The van der Waals surface area contributed by atoms with Gasteiger partial charge in [0, 0.05) is 6.04 Å². The van der Waals surface area contributed by atoms with Crippen molar-refractivity contribution in [2.75, 3.05) is 0 Å². The molecule has 0 saturated carbocycles. The van der Waals surface area contributed by atoms with Gasteiger partial charge in [0.25, 0.3) is 5.88 Å². The zero-order valence-corrected chi connectivity index (χ0v) is 17.1. The Morgan fingerprint density at radius 2 is 1.90 bits per heavy atom. The monoisotopic (exact) mass is 405 g/mol. The smallest absolute Gasteiger partial charge is 0.351 e. The number of para-hydroxylation sites is 2. The summed E-state index contributed by atoms with van der Waals surface area (Å²) in [6.07, 6.45) is 0.800. The highest BCUT2D eigenvalue weighted by Crippen LogP contribution is 2.26. The first-order valence-electron chi connectivity index (χ1n) is 9.88. The molecule has 0 fully saturated rings. The van der Waals surface area contributed by atoms with Gasteiger partial charge in [-0.05, 0) is 44.5 Å². The molecule has 0 radical (unpaired) electrons. The van der Waals surface area contributed by atoms with Crippen LogP contribution in [0.3, 0.4) is 0 Å². The number of amides is 1. The number of aryl methyl sites for hydroxylation is 1. The van der Waals surface area contributed by atoms with Gasteiger partial charge < -0.3 is 10.1 Å². The van der Waals surface area contributed by atoms with E-state index in [9.17, 15) is 9.59 Å². The highest BCUT2D eigenvalue weighted by molar-refractivity contribution is 5.80. The Morgan fingerprint density at radius 1 is 1.17 bits per heavy atom. The summed E-state index contributed by atoms with van der Waals surface area (Å²) in [5, 5.41) is 7.22. The molecule has 0 aliphatic heterocycles. The van der Waals surface area contributed by atoms with E-state index in [1.807, 2.05) is 57.2 Å². The van der Waals surface area contributed by atoms with Crippen LogP contribution in [0.15, 0.2) is 53.3 Å². The zero-order chi connectivity index (χ0) is 21.3. The molecule has 1 amide bonds. The van der Waals surface area contributed by atoms with Gasteiger partial charge in [-0.3, -0.25) is 4.79 Å². The average Bonchev–Trinajstić information content (AvgIpc) is 3.06. The Kier molecular flexibility index (Phi) is 5.22. The van der Waals surface area contributed by atoms with E-state index in [-0.39, 0.29) is 30.0 Å².